The Balaban J connectivity index is 1.55. The van der Waals surface area contributed by atoms with Crippen LogP contribution in [-0.4, -0.2) is 60.5 Å². The van der Waals surface area contributed by atoms with E-state index in [1.165, 1.54) is 10.8 Å². The second-order valence-corrected chi connectivity index (χ2v) is 8.10. The molecular weight excluding hydrogens is 368 g/mol. The van der Waals surface area contributed by atoms with E-state index in [1.807, 2.05) is 6.92 Å². The first-order valence-electron chi connectivity index (χ1n) is 9.11. The number of rotatable bonds is 4. The Bertz CT molecular complexity index is 945. The normalized spacial score (nSPS) is 34.3. The summed E-state index contributed by atoms with van der Waals surface area (Å²) in [5.74, 6) is 0.281. The monoisotopic (exact) mass is 392 g/mol. The standard InChI is InChI=1S/C18H24N4O6/c1-5-16(2,3)28-15(24)26-11-12-18(11,25)14(23)17(4,27-12)10-7-6-9-13(19)20-8-21-22(9)10/h6-8,11-12,14,23,25H,5H2,1-4H3,(H2,19,20,21)/t11?,12-,14+,17+,18-/m1/s1. The first-order valence-corrected chi connectivity index (χ1v) is 9.11. The molecule has 2 fully saturated rings. The molecule has 1 unspecified atom stereocenters. The molecule has 2 aromatic heterocycles. The van der Waals surface area contributed by atoms with E-state index < -0.39 is 41.3 Å². The number of aromatic nitrogens is 3. The van der Waals surface area contributed by atoms with Gasteiger partial charge in [-0.15, -0.1) is 0 Å². The lowest BCUT2D eigenvalue weighted by molar-refractivity contribution is -0.135. The maximum atomic E-state index is 12.0. The quantitative estimate of drug-likeness (QED) is 0.642. The molecule has 10 nitrogen and oxygen atoms in total. The maximum absolute atomic E-state index is 12.0. The first kappa shape index (κ1) is 18.9. The fourth-order valence-corrected chi connectivity index (χ4v) is 3.68. The highest BCUT2D eigenvalue weighted by Crippen LogP contribution is 2.59. The Labute approximate surface area is 161 Å². The molecule has 10 heteroatoms. The van der Waals surface area contributed by atoms with Gasteiger partial charge in [0, 0.05) is 0 Å². The summed E-state index contributed by atoms with van der Waals surface area (Å²) in [5, 5.41) is 25.9. The van der Waals surface area contributed by atoms with E-state index in [1.54, 1.807) is 32.9 Å². The number of hydrogen-bond acceptors (Lipinski definition) is 9. The van der Waals surface area contributed by atoms with Crippen molar-refractivity contribution in [2.24, 2.45) is 0 Å². The predicted molar refractivity (Wildman–Crippen MR) is 96.3 cm³/mol. The topological polar surface area (TPSA) is 141 Å². The molecule has 2 aliphatic rings. The summed E-state index contributed by atoms with van der Waals surface area (Å²) < 4.78 is 17.9. The van der Waals surface area contributed by atoms with Crippen molar-refractivity contribution in [1.82, 2.24) is 14.6 Å². The Hall–Kier alpha value is -2.43. The third-order valence-corrected chi connectivity index (χ3v) is 5.83. The number of carbonyl (C=O) groups excluding carboxylic acids is 1. The lowest BCUT2D eigenvalue weighted by Crippen LogP contribution is -2.46. The van der Waals surface area contributed by atoms with Crippen molar-refractivity contribution in [3.05, 3.63) is 24.2 Å². The van der Waals surface area contributed by atoms with Gasteiger partial charge < -0.3 is 30.2 Å². The summed E-state index contributed by atoms with van der Waals surface area (Å²) in [6.45, 7) is 7.02. The zero-order valence-corrected chi connectivity index (χ0v) is 16.1. The minimum atomic E-state index is -1.73. The molecule has 1 aliphatic carbocycles. The van der Waals surface area contributed by atoms with Crippen molar-refractivity contribution in [3.63, 3.8) is 0 Å². The molecule has 5 atom stereocenters. The van der Waals surface area contributed by atoms with E-state index in [-0.39, 0.29) is 5.82 Å². The molecule has 4 N–H and O–H groups in total. The number of nitrogen functional groups attached to an aromatic ring is 1. The largest absolute Gasteiger partial charge is 0.509 e. The van der Waals surface area contributed by atoms with Gasteiger partial charge >= 0.3 is 6.16 Å². The molecule has 152 valence electrons. The smallest absolute Gasteiger partial charge is 0.428 e. The van der Waals surface area contributed by atoms with Crippen molar-refractivity contribution in [2.45, 2.75) is 69.2 Å². The van der Waals surface area contributed by atoms with E-state index in [9.17, 15) is 15.0 Å². The molecule has 1 saturated carbocycles. The predicted octanol–water partition coefficient (Wildman–Crippen LogP) is 0.741. The Morgan fingerprint density at radius 1 is 1.46 bits per heavy atom. The number of aliphatic hydroxyl groups excluding tert-OH is 1. The maximum Gasteiger partial charge on any atom is 0.509 e. The first-order chi connectivity index (χ1) is 13.0. The highest BCUT2D eigenvalue weighted by atomic mass is 16.8. The zero-order valence-electron chi connectivity index (χ0n) is 16.1. The van der Waals surface area contributed by atoms with Gasteiger partial charge in [-0.2, -0.15) is 5.10 Å². The van der Waals surface area contributed by atoms with Crippen molar-refractivity contribution < 1.29 is 29.2 Å². The lowest BCUT2D eigenvalue weighted by Gasteiger charge is -2.32. The van der Waals surface area contributed by atoms with Crippen LogP contribution in [-0.2, 0) is 19.8 Å². The van der Waals surface area contributed by atoms with Crippen LogP contribution in [0.5, 0.6) is 0 Å². The molecule has 1 aliphatic heterocycles. The van der Waals surface area contributed by atoms with E-state index in [0.717, 1.165) is 0 Å². The number of nitrogens with two attached hydrogens (primary N) is 1. The van der Waals surface area contributed by atoms with Crippen molar-refractivity contribution in [1.29, 1.82) is 0 Å². The molecule has 0 bridgehead atoms. The molecule has 3 heterocycles. The SMILES string of the molecule is CCC(C)(C)OC(=O)OC1[C@H]2O[C@@](C)(c3ccc4c(N)ncnn34)[C@H](O)[C@@]12O. The van der Waals surface area contributed by atoms with Gasteiger partial charge in [-0.25, -0.2) is 14.3 Å². The number of nitrogens with zero attached hydrogens (tertiary/aromatic N) is 3. The summed E-state index contributed by atoms with van der Waals surface area (Å²) in [4.78, 5) is 16.0. The van der Waals surface area contributed by atoms with Gasteiger partial charge in [-0.1, -0.05) is 6.92 Å². The van der Waals surface area contributed by atoms with Gasteiger partial charge in [-0.3, -0.25) is 0 Å². The summed E-state index contributed by atoms with van der Waals surface area (Å²) in [7, 11) is 0. The van der Waals surface area contributed by atoms with Crippen LogP contribution in [0.25, 0.3) is 5.52 Å². The van der Waals surface area contributed by atoms with Crippen LogP contribution in [0.4, 0.5) is 10.6 Å². The van der Waals surface area contributed by atoms with Gasteiger partial charge in [0.15, 0.2) is 17.5 Å². The van der Waals surface area contributed by atoms with Gasteiger partial charge in [0.1, 0.15) is 35.3 Å². The molecular formula is C18H24N4O6. The van der Waals surface area contributed by atoms with Gasteiger partial charge in [0.05, 0.1) is 5.69 Å². The minimum Gasteiger partial charge on any atom is -0.428 e. The number of aliphatic hydroxyl groups is 2. The van der Waals surface area contributed by atoms with E-state index in [0.29, 0.717) is 17.6 Å². The Morgan fingerprint density at radius 2 is 2.18 bits per heavy atom. The minimum absolute atomic E-state index is 0.281. The zero-order chi connectivity index (χ0) is 20.5. The average molecular weight is 392 g/mol. The van der Waals surface area contributed by atoms with Crippen LogP contribution in [0, 0.1) is 0 Å². The van der Waals surface area contributed by atoms with Crippen molar-refractivity contribution >= 4 is 17.5 Å². The van der Waals surface area contributed by atoms with Crippen LogP contribution in [0.3, 0.4) is 0 Å². The van der Waals surface area contributed by atoms with E-state index in [2.05, 4.69) is 10.1 Å². The molecule has 2 aromatic rings. The summed E-state index contributed by atoms with van der Waals surface area (Å²) in [5.41, 5.74) is 3.20. The van der Waals surface area contributed by atoms with E-state index in [4.69, 9.17) is 19.9 Å². The van der Waals surface area contributed by atoms with Crippen LogP contribution >= 0.6 is 0 Å². The summed E-state index contributed by atoms with van der Waals surface area (Å²) in [6.07, 6.45) is -2.27. The summed E-state index contributed by atoms with van der Waals surface area (Å²) >= 11 is 0. The number of carbonyl (C=O) groups is 1. The molecule has 0 aromatic carbocycles. The number of hydrogen-bond donors (Lipinski definition) is 3. The Kier molecular flexibility index (Phi) is 3.91. The van der Waals surface area contributed by atoms with Crippen molar-refractivity contribution in [2.75, 3.05) is 5.73 Å². The highest BCUT2D eigenvalue weighted by molar-refractivity contribution is 5.66. The molecule has 0 radical (unpaired) electrons. The second kappa shape index (κ2) is 5.79. The van der Waals surface area contributed by atoms with Gasteiger partial charge in [0.25, 0.3) is 0 Å². The van der Waals surface area contributed by atoms with Crippen LogP contribution in [0.2, 0.25) is 0 Å². The number of ether oxygens (including phenoxy) is 3. The molecule has 4 rings (SSSR count). The third-order valence-electron chi connectivity index (χ3n) is 5.83. The van der Waals surface area contributed by atoms with Crippen molar-refractivity contribution in [3.8, 4) is 0 Å². The number of anilines is 1. The van der Waals surface area contributed by atoms with Crippen LogP contribution in [0.1, 0.15) is 39.8 Å². The molecule has 28 heavy (non-hydrogen) atoms. The molecule has 1 saturated heterocycles. The van der Waals surface area contributed by atoms with Gasteiger partial charge in [0.2, 0.25) is 0 Å². The van der Waals surface area contributed by atoms with E-state index >= 15 is 0 Å². The lowest BCUT2D eigenvalue weighted by atomic mass is 9.91. The fraction of sp³-hybridized carbons (Fsp3) is 0.611. The van der Waals surface area contributed by atoms with Crippen LogP contribution < -0.4 is 5.73 Å². The third kappa shape index (κ3) is 2.48. The average Bonchev–Trinajstić information content (AvgIpc) is 2.96. The second-order valence-electron chi connectivity index (χ2n) is 8.10. The molecule has 0 amide bonds. The molecule has 0 spiro atoms. The van der Waals surface area contributed by atoms with Gasteiger partial charge in [-0.05, 0) is 39.3 Å². The fourth-order valence-electron chi connectivity index (χ4n) is 3.68. The highest BCUT2D eigenvalue weighted by Gasteiger charge is 2.82. The van der Waals surface area contributed by atoms with Crippen LogP contribution in [0.15, 0.2) is 18.5 Å². The number of fused-ring (bicyclic) bond motifs is 2. The Morgan fingerprint density at radius 3 is 2.79 bits per heavy atom. The summed E-state index contributed by atoms with van der Waals surface area (Å²) in [6, 6.07) is 3.41.